The highest BCUT2D eigenvalue weighted by atomic mass is 35.5. The summed E-state index contributed by atoms with van der Waals surface area (Å²) in [5.41, 5.74) is 4.38. The van der Waals surface area contributed by atoms with Crippen LogP contribution < -0.4 is 21.3 Å². The summed E-state index contributed by atoms with van der Waals surface area (Å²) in [4.78, 5) is 34.8. The number of carbonyl (C=O) groups excluding carboxylic acids is 2. The molecule has 196 valence electrons. The number of halogens is 1. The van der Waals surface area contributed by atoms with Gasteiger partial charge in [-0.3, -0.25) is 19.6 Å². The quantitative estimate of drug-likeness (QED) is 0.290. The summed E-state index contributed by atoms with van der Waals surface area (Å²) in [7, 11) is 0. The summed E-state index contributed by atoms with van der Waals surface area (Å²) in [6, 6.07) is 26.2. The Kier molecular flexibility index (Phi) is 7.56. The fourth-order valence-electron chi connectivity index (χ4n) is 4.61. The second-order valence-corrected chi connectivity index (χ2v) is 9.16. The molecule has 0 atom stereocenters. The molecule has 2 aliphatic rings. The second-order valence-electron chi connectivity index (χ2n) is 9.16. The first-order chi connectivity index (χ1) is 18.6. The largest absolute Gasteiger partial charge is 0.368 e. The zero-order valence-electron chi connectivity index (χ0n) is 21.0. The summed E-state index contributed by atoms with van der Waals surface area (Å²) >= 11 is 0. The maximum Gasteiger partial charge on any atom is 0.255 e. The van der Waals surface area contributed by atoms with Crippen LogP contribution >= 0.6 is 12.4 Å². The number of amides is 2. The molecule has 8 nitrogen and oxygen atoms in total. The van der Waals surface area contributed by atoms with Crippen LogP contribution in [-0.2, 0) is 0 Å². The maximum atomic E-state index is 13.0. The zero-order chi connectivity index (χ0) is 25.9. The molecule has 0 fully saturated rings. The average Bonchev–Trinajstić information content (AvgIpc) is 3.68. The molecule has 0 aromatic heterocycles. The first-order valence-corrected chi connectivity index (χ1v) is 12.6. The minimum absolute atomic E-state index is 0. The van der Waals surface area contributed by atoms with Crippen molar-refractivity contribution in [3.8, 4) is 0 Å². The lowest BCUT2D eigenvalue weighted by molar-refractivity contribution is 0.101. The van der Waals surface area contributed by atoms with Gasteiger partial charge in [0.05, 0.1) is 13.1 Å². The van der Waals surface area contributed by atoms with Crippen molar-refractivity contribution in [1.29, 1.82) is 0 Å². The van der Waals surface area contributed by atoms with E-state index in [2.05, 4.69) is 31.3 Å². The molecule has 4 aromatic carbocycles. The first kappa shape index (κ1) is 25.9. The van der Waals surface area contributed by atoms with Crippen molar-refractivity contribution in [1.82, 2.24) is 10.6 Å². The van der Waals surface area contributed by atoms with E-state index < -0.39 is 0 Å². The number of fused-ring (bicyclic) bond motifs is 1. The first-order valence-electron chi connectivity index (χ1n) is 12.6. The van der Waals surface area contributed by atoms with Crippen LogP contribution in [0.15, 0.2) is 94.9 Å². The third-order valence-corrected chi connectivity index (χ3v) is 6.50. The van der Waals surface area contributed by atoms with Gasteiger partial charge in [0.2, 0.25) is 0 Å². The van der Waals surface area contributed by atoms with Crippen LogP contribution in [0.5, 0.6) is 0 Å². The number of rotatable bonds is 6. The molecule has 4 aromatic rings. The highest BCUT2D eigenvalue weighted by molar-refractivity contribution is 6.10. The Morgan fingerprint density at radius 1 is 0.615 bits per heavy atom. The lowest BCUT2D eigenvalue weighted by Crippen LogP contribution is -2.20. The molecule has 2 heterocycles. The number of hydrogen-bond donors (Lipinski definition) is 4. The number of carbonyl (C=O) groups is 2. The lowest BCUT2D eigenvalue weighted by Gasteiger charge is -2.10. The fourth-order valence-corrected chi connectivity index (χ4v) is 4.61. The number of benzene rings is 4. The summed E-state index contributed by atoms with van der Waals surface area (Å²) in [6.45, 7) is 3.17. The number of nitrogens with one attached hydrogen (secondary N) is 4. The van der Waals surface area contributed by atoms with Crippen molar-refractivity contribution in [3.05, 3.63) is 107 Å². The molecule has 39 heavy (non-hydrogen) atoms. The highest BCUT2D eigenvalue weighted by Gasteiger charge is 2.13. The predicted octanol–water partition coefficient (Wildman–Crippen LogP) is 4.47. The van der Waals surface area contributed by atoms with Crippen LogP contribution in [0, 0.1) is 0 Å². The topological polar surface area (TPSA) is 107 Å². The third-order valence-electron chi connectivity index (χ3n) is 6.50. The molecule has 0 saturated carbocycles. The van der Waals surface area contributed by atoms with Gasteiger partial charge in [-0.1, -0.05) is 36.4 Å². The van der Waals surface area contributed by atoms with Crippen molar-refractivity contribution >= 4 is 58.0 Å². The molecule has 0 spiro atoms. The van der Waals surface area contributed by atoms with Crippen molar-refractivity contribution < 1.29 is 9.59 Å². The van der Waals surface area contributed by atoms with Gasteiger partial charge in [0.25, 0.3) is 11.8 Å². The SMILES string of the molecule is Cl.O=C(Nc1cccc(C2=NCCN2)c1)c1ccc2cc(C(=O)Nc3cccc(C4=NCCN4)c3)ccc2c1. The number of aliphatic imine (C=N–C) groups is 2. The Labute approximate surface area is 232 Å². The number of anilines is 2. The van der Waals surface area contributed by atoms with Gasteiger partial charge >= 0.3 is 0 Å². The maximum absolute atomic E-state index is 13.0. The van der Waals surface area contributed by atoms with Gasteiger partial charge in [0.15, 0.2) is 0 Å². The van der Waals surface area contributed by atoms with Crippen molar-refractivity contribution in [2.45, 2.75) is 0 Å². The Balaban J connectivity index is 0.00000308. The van der Waals surface area contributed by atoms with Crippen molar-refractivity contribution in [2.24, 2.45) is 9.98 Å². The summed E-state index contributed by atoms with van der Waals surface area (Å²) < 4.78 is 0. The predicted molar refractivity (Wildman–Crippen MR) is 159 cm³/mol. The average molecular weight is 539 g/mol. The molecule has 4 N–H and O–H groups in total. The zero-order valence-corrected chi connectivity index (χ0v) is 21.8. The Morgan fingerprint density at radius 2 is 1.08 bits per heavy atom. The van der Waals surface area contributed by atoms with E-state index in [4.69, 9.17) is 0 Å². The van der Waals surface area contributed by atoms with E-state index in [0.717, 1.165) is 59.7 Å². The van der Waals surface area contributed by atoms with Gasteiger partial charge in [-0.25, -0.2) is 0 Å². The van der Waals surface area contributed by atoms with E-state index in [1.54, 1.807) is 12.1 Å². The van der Waals surface area contributed by atoms with Crippen LogP contribution in [0.25, 0.3) is 10.8 Å². The summed E-state index contributed by atoms with van der Waals surface area (Å²) in [6.07, 6.45) is 0. The molecule has 0 radical (unpaired) electrons. The molecule has 0 unspecified atom stereocenters. The van der Waals surface area contributed by atoms with E-state index in [0.29, 0.717) is 22.5 Å². The highest BCUT2D eigenvalue weighted by Crippen LogP contribution is 2.21. The Bertz CT molecular complexity index is 1510. The van der Waals surface area contributed by atoms with Crippen LogP contribution in [0.1, 0.15) is 31.8 Å². The fraction of sp³-hybridized carbons (Fsp3) is 0.133. The van der Waals surface area contributed by atoms with Gasteiger partial charge in [-0.2, -0.15) is 0 Å². The summed E-state index contributed by atoms with van der Waals surface area (Å²) in [5.74, 6) is 1.29. The van der Waals surface area contributed by atoms with Crippen molar-refractivity contribution in [3.63, 3.8) is 0 Å². The monoisotopic (exact) mass is 538 g/mol. The van der Waals surface area contributed by atoms with E-state index in [-0.39, 0.29) is 24.2 Å². The lowest BCUT2D eigenvalue weighted by atomic mass is 10.0. The van der Waals surface area contributed by atoms with Crippen LogP contribution in [0.2, 0.25) is 0 Å². The number of amidine groups is 2. The molecule has 0 saturated heterocycles. The van der Waals surface area contributed by atoms with Crippen molar-refractivity contribution in [2.75, 3.05) is 36.8 Å². The van der Waals surface area contributed by atoms with E-state index in [1.807, 2.05) is 72.8 Å². The number of nitrogens with zero attached hydrogens (tertiary/aromatic N) is 2. The molecule has 0 bridgehead atoms. The Morgan fingerprint density at radius 3 is 1.49 bits per heavy atom. The number of hydrogen-bond acceptors (Lipinski definition) is 6. The summed E-state index contributed by atoms with van der Waals surface area (Å²) in [5, 5.41) is 14.2. The van der Waals surface area contributed by atoms with E-state index in [1.165, 1.54) is 0 Å². The molecular formula is C30H27ClN6O2. The van der Waals surface area contributed by atoms with Crippen LogP contribution in [0.4, 0.5) is 11.4 Å². The molecule has 9 heteroatoms. The van der Waals surface area contributed by atoms with Gasteiger partial charge in [-0.05, 0) is 59.3 Å². The molecule has 2 aliphatic heterocycles. The molecule has 6 rings (SSSR count). The van der Waals surface area contributed by atoms with Gasteiger partial charge in [0, 0.05) is 46.7 Å². The van der Waals surface area contributed by atoms with E-state index in [9.17, 15) is 9.59 Å². The molecular weight excluding hydrogens is 512 g/mol. The normalized spacial score (nSPS) is 13.9. The van der Waals surface area contributed by atoms with Crippen LogP contribution in [-0.4, -0.2) is 49.7 Å². The van der Waals surface area contributed by atoms with E-state index >= 15 is 0 Å². The van der Waals surface area contributed by atoms with Gasteiger partial charge in [0.1, 0.15) is 11.7 Å². The van der Waals surface area contributed by atoms with Gasteiger partial charge in [-0.15, -0.1) is 12.4 Å². The molecule has 0 aliphatic carbocycles. The minimum atomic E-state index is -0.201. The van der Waals surface area contributed by atoms with Gasteiger partial charge < -0.3 is 21.3 Å². The van der Waals surface area contributed by atoms with Crippen LogP contribution in [0.3, 0.4) is 0 Å². The standard InChI is InChI=1S/C30H26N6O2.ClH/c37-29(35-25-5-1-3-21(17-25)27-31-11-12-32-27)23-9-7-20-16-24(10-8-19(20)15-23)30(38)36-26-6-2-4-22(18-26)28-33-13-14-34-28;/h1-10,15-18H,11-14H2,(H,31,32)(H,33,34)(H,35,37)(H,36,38);1H. The second kappa shape index (κ2) is 11.4. The Hall–Kier alpha value is -4.69. The smallest absolute Gasteiger partial charge is 0.255 e. The minimum Gasteiger partial charge on any atom is -0.368 e. The molecule has 2 amide bonds. The third kappa shape index (κ3) is 5.76.